The molecule has 0 unspecified atom stereocenters. The number of nitrogens with zero attached hydrogens (tertiary/aromatic N) is 1. The van der Waals surface area contributed by atoms with Crippen molar-refractivity contribution in [3.63, 3.8) is 0 Å². The Bertz CT molecular complexity index is 1180. The Hall–Kier alpha value is -2.53. The fourth-order valence-electron chi connectivity index (χ4n) is 3.56. The van der Waals surface area contributed by atoms with Crippen molar-refractivity contribution in [2.45, 2.75) is 29.4 Å². The highest BCUT2D eigenvalue weighted by Gasteiger charge is 2.52. The second kappa shape index (κ2) is 7.95. The van der Waals surface area contributed by atoms with Crippen LogP contribution in [-0.4, -0.2) is 42.5 Å². The number of fused-ring (bicyclic) bond motifs is 1. The van der Waals surface area contributed by atoms with Crippen LogP contribution >= 0.6 is 11.3 Å². The van der Waals surface area contributed by atoms with Crippen LogP contribution in [0.1, 0.15) is 17.8 Å². The molecule has 3 aromatic rings. The Balaban J connectivity index is 1.60. The SMILES string of the molecule is Cc1nc2cc(Oc3ccc(S(=O)(=O)C4(C(=O)NO)CCOCC4)cc3)ccc2s1. The van der Waals surface area contributed by atoms with Gasteiger partial charge in [-0.3, -0.25) is 10.0 Å². The fraction of sp³-hybridized carbons (Fsp3) is 0.300. The average molecular weight is 449 g/mol. The zero-order valence-electron chi connectivity index (χ0n) is 16.1. The molecule has 4 rings (SSSR count). The van der Waals surface area contributed by atoms with E-state index in [4.69, 9.17) is 14.7 Å². The number of aryl methyl sites for hydroxylation is 1. The van der Waals surface area contributed by atoms with E-state index in [1.807, 2.05) is 25.1 Å². The molecular weight excluding hydrogens is 428 g/mol. The number of nitrogens with one attached hydrogen (secondary N) is 1. The summed E-state index contributed by atoms with van der Waals surface area (Å²) in [7, 11) is -4.07. The van der Waals surface area contributed by atoms with Crippen LogP contribution in [0.2, 0.25) is 0 Å². The first kappa shape index (κ1) is 20.7. The molecule has 30 heavy (non-hydrogen) atoms. The highest BCUT2D eigenvalue weighted by Crippen LogP contribution is 2.36. The van der Waals surface area contributed by atoms with Crippen molar-refractivity contribution in [1.29, 1.82) is 0 Å². The van der Waals surface area contributed by atoms with Gasteiger partial charge in [-0.2, -0.15) is 0 Å². The Kier molecular flexibility index (Phi) is 5.49. The minimum Gasteiger partial charge on any atom is -0.457 e. The molecule has 1 aliphatic rings. The minimum atomic E-state index is -4.07. The summed E-state index contributed by atoms with van der Waals surface area (Å²) in [5.41, 5.74) is 2.35. The molecule has 0 bridgehead atoms. The number of carbonyl (C=O) groups is 1. The van der Waals surface area contributed by atoms with Crippen molar-refractivity contribution < 1.29 is 27.9 Å². The van der Waals surface area contributed by atoms with Crippen LogP contribution in [0.15, 0.2) is 47.4 Å². The van der Waals surface area contributed by atoms with Gasteiger partial charge in [-0.15, -0.1) is 11.3 Å². The lowest BCUT2D eigenvalue weighted by atomic mass is 9.98. The molecule has 1 aliphatic heterocycles. The number of ether oxygens (including phenoxy) is 2. The predicted molar refractivity (Wildman–Crippen MR) is 111 cm³/mol. The Labute approximate surface area is 177 Å². The summed E-state index contributed by atoms with van der Waals surface area (Å²) in [5, 5.41) is 10.1. The third-order valence-corrected chi connectivity index (χ3v) is 8.63. The maximum Gasteiger partial charge on any atom is 0.265 e. The minimum absolute atomic E-state index is 0.0223. The summed E-state index contributed by atoms with van der Waals surface area (Å²) in [5.74, 6) is 0.0924. The number of rotatable bonds is 5. The average Bonchev–Trinajstić information content (AvgIpc) is 3.13. The van der Waals surface area contributed by atoms with E-state index in [9.17, 15) is 13.2 Å². The van der Waals surface area contributed by atoms with Gasteiger partial charge in [0, 0.05) is 19.3 Å². The number of benzene rings is 2. The molecule has 2 N–H and O–H groups in total. The maximum absolute atomic E-state index is 13.3. The third-order valence-electron chi connectivity index (χ3n) is 5.17. The molecule has 10 heteroatoms. The molecule has 158 valence electrons. The standard InChI is InChI=1S/C20H20N2O6S2/c1-13-21-17-12-15(4-7-18(17)29-13)28-14-2-5-16(6-3-14)30(25,26)20(19(23)22-24)8-10-27-11-9-20/h2-7,12,24H,8-11H2,1H3,(H,22,23). The first-order valence-electron chi connectivity index (χ1n) is 9.28. The lowest BCUT2D eigenvalue weighted by molar-refractivity contribution is -0.134. The van der Waals surface area contributed by atoms with E-state index in [-0.39, 0.29) is 31.0 Å². The molecule has 1 saturated heterocycles. The van der Waals surface area contributed by atoms with Gasteiger partial charge in [0.05, 0.1) is 20.1 Å². The van der Waals surface area contributed by atoms with Crippen LogP contribution in [0.4, 0.5) is 0 Å². The number of aromatic nitrogens is 1. The van der Waals surface area contributed by atoms with Crippen molar-refractivity contribution in [1.82, 2.24) is 10.5 Å². The number of hydroxylamine groups is 1. The molecule has 1 aromatic heterocycles. The zero-order valence-corrected chi connectivity index (χ0v) is 17.8. The maximum atomic E-state index is 13.3. The van der Waals surface area contributed by atoms with Crippen molar-refractivity contribution in [3.05, 3.63) is 47.5 Å². The zero-order chi connectivity index (χ0) is 21.4. The summed E-state index contributed by atoms with van der Waals surface area (Å²) >= 11 is 1.60. The van der Waals surface area contributed by atoms with Gasteiger partial charge < -0.3 is 9.47 Å². The molecular formula is C20H20N2O6S2. The first-order chi connectivity index (χ1) is 14.4. The van der Waals surface area contributed by atoms with Crippen LogP contribution in [0.5, 0.6) is 11.5 Å². The third kappa shape index (κ3) is 3.56. The molecule has 8 nitrogen and oxygen atoms in total. The normalized spacial score (nSPS) is 16.3. The summed E-state index contributed by atoms with van der Waals surface area (Å²) in [6.07, 6.45) is -0.0693. The van der Waals surface area contributed by atoms with E-state index in [1.54, 1.807) is 11.3 Å². The van der Waals surface area contributed by atoms with Gasteiger partial charge in [-0.25, -0.2) is 18.9 Å². The highest BCUT2D eigenvalue weighted by atomic mass is 32.2. The topological polar surface area (TPSA) is 115 Å². The highest BCUT2D eigenvalue weighted by molar-refractivity contribution is 7.93. The smallest absolute Gasteiger partial charge is 0.265 e. The predicted octanol–water partition coefficient (Wildman–Crippen LogP) is 3.23. The first-order valence-corrected chi connectivity index (χ1v) is 11.6. The van der Waals surface area contributed by atoms with E-state index < -0.39 is 20.5 Å². The van der Waals surface area contributed by atoms with Crippen LogP contribution in [-0.2, 0) is 19.4 Å². The molecule has 0 radical (unpaired) electrons. The summed E-state index contributed by atoms with van der Waals surface area (Å²) in [6, 6.07) is 11.5. The number of amides is 1. The van der Waals surface area contributed by atoms with Crippen molar-refractivity contribution >= 4 is 37.3 Å². The monoisotopic (exact) mass is 448 g/mol. The van der Waals surface area contributed by atoms with Crippen molar-refractivity contribution in [3.8, 4) is 11.5 Å². The number of thiazole rings is 1. The van der Waals surface area contributed by atoms with E-state index in [0.717, 1.165) is 15.2 Å². The van der Waals surface area contributed by atoms with Crippen LogP contribution < -0.4 is 10.2 Å². The van der Waals surface area contributed by atoms with Gasteiger partial charge in [0.15, 0.2) is 14.6 Å². The van der Waals surface area contributed by atoms with E-state index >= 15 is 0 Å². The molecule has 0 spiro atoms. The Morgan fingerprint density at radius 3 is 2.50 bits per heavy atom. The quantitative estimate of drug-likeness (QED) is 0.455. The molecule has 2 heterocycles. The molecule has 1 fully saturated rings. The van der Waals surface area contributed by atoms with Crippen LogP contribution in [0, 0.1) is 6.92 Å². The fourth-order valence-corrected chi connectivity index (χ4v) is 6.30. The van der Waals surface area contributed by atoms with Gasteiger partial charge in [0.2, 0.25) is 0 Å². The summed E-state index contributed by atoms with van der Waals surface area (Å²) < 4.78 is 36.8. The van der Waals surface area contributed by atoms with Crippen molar-refractivity contribution in [2.75, 3.05) is 13.2 Å². The van der Waals surface area contributed by atoms with Gasteiger partial charge in [0.1, 0.15) is 11.5 Å². The van der Waals surface area contributed by atoms with Crippen molar-refractivity contribution in [2.24, 2.45) is 0 Å². The molecule has 2 aromatic carbocycles. The number of hydrogen-bond acceptors (Lipinski definition) is 8. The molecule has 0 atom stereocenters. The van der Waals surface area contributed by atoms with E-state index in [2.05, 4.69) is 4.98 Å². The molecule has 1 amide bonds. The Morgan fingerprint density at radius 2 is 1.83 bits per heavy atom. The van der Waals surface area contributed by atoms with E-state index in [1.165, 1.54) is 29.7 Å². The van der Waals surface area contributed by atoms with Gasteiger partial charge >= 0.3 is 0 Å². The molecule has 0 saturated carbocycles. The van der Waals surface area contributed by atoms with Crippen LogP contribution in [0.3, 0.4) is 0 Å². The van der Waals surface area contributed by atoms with Gasteiger partial charge in [-0.1, -0.05) is 0 Å². The summed E-state index contributed by atoms with van der Waals surface area (Å²) in [6.45, 7) is 2.17. The lowest BCUT2D eigenvalue weighted by Gasteiger charge is -2.34. The number of sulfone groups is 1. The number of carbonyl (C=O) groups excluding carboxylic acids is 1. The molecule has 0 aliphatic carbocycles. The summed E-state index contributed by atoms with van der Waals surface area (Å²) in [4.78, 5) is 16.7. The largest absolute Gasteiger partial charge is 0.457 e. The Morgan fingerprint density at radius 1 is 1.17 bits per heavy atom. The second-order valence-corrected chi connectivity index (χ2v) is 10.5. The second-order valence-electron chi connectivity index (χ2n) is 6.99. The van der Waals surface area contributed by atoms with Gasteiger partial charge in [-0.05, 0) is 56.2 Å². The van der Waals surface area contributed by atoms with E-state index in [0.29, 0.717) is 11.5 Å². The lowest BCUT2D eigenvalue weighted by Crippen LogP contribution is -2.54. The van der Waals surface area contributed by atoms with Gasteiger partial charge in [0.25, 0.3) is 5.91 Å². The number of hydrogen-bond donors (Lipinski definition) is 2. The van der Waals surface area contributed by atoms with Crippen LogP contribution in [0.25, 0.3) is 10.2 Å².